The van der Waals surface area contributed by atoms with Gasteiger partial charge in [0.1, 0.15) is 5.82 Å². The van der Waals surface area contributed by atoms with Crippen LogP contribution in [0, 0.1) is 12.7 Å². The first kappa shape index (κ1) is 21.4. The van der Waals surface area contributed by atoms with Crippen molar-refractivity contribution in [1.82, 2.24) is 4.98 Å². The summed E-state index contributed by atoms with van der Waals surface area (Å²) >= 11 is 0. The third kappa shape index (κ3) is 4.86. The van der Waals surface area contributed by atoms with Gasteiger partial charge >= 0.3 is 6.18 Å². The maximum absolute atomic E-state index is 13.8. The van der Waals surface area contributed by atoms with Crippen LogP contribution in [0.15, 0.2) is 36.4 Å². The second kappa shape index (κ2) is 7.58. The third-order valence-electron chi connectivity index (χ3n) is 4.86. The predicted molar refractivity (Wildman–Crippen MR) is 97.1 cm³/mol. The largest absolute Gasteiger partial charge is 0.417 e. The van der Waals surface area contributed by atoms with Crippen molar-refractivity contribution < 1.29 is 22.7 Å². The Balaban J connectivity index is 2.45. The lowest BCUT2D eigenvalue weighted by molar-refractivity contribution is -0.266. The molecule has 0 saturated heterocycles. The number of pyridine rings is 1. The van der Waals surface area contributed by atoms with Gasteiger partial charge in [0.2, 0.25) is 0 Å². The Kier molecular flexibility index (Phi) is 6.00. The van der Waals surface area contributed by atoms with Crippen molar-refractivity contribution in [1.29, 1.82) is 0 Å². The van der Waals surface area contributed by atoms with Crippen molar-refractivity contribution in [2.45, 2.75) is 64.1 Å². The van der Waals surface area contributed by atoms with Crippen molar-refractivity contribution >= 4 is 0 Å². The molecule has 1 atom stereocenters. The highest BCUT2D eigenvalue weighted by atomic mass is 19.4. The number of aliphatic hydroxyl groups is 1. The Labute approximate surface area is 157 Å². The first-order chi connectivity index (χ1) is 12.4. The van der Waals surface area contributed by atoms with Gasteiger partial charge in [-0.1, -0.05) is 32.9 Å². The molecule has 0 fully saturated rings. The van der Waals surface area contributed by atoms with Gasteiger partial charge in [0, 0.05) is 17.8 Å². The van der Waals surface area contributed by atoms with Crippen LogP contribution < -0.4 is 0 Å². The molecular weight excluding hydrogens is 358 g/mol. The number of hydrogen-bond acceptors (Lipinski definition) is 2. The molecule has 148 valence electrons. The maximum atomic E-state index is 13.8. The SMILES string of the molecule is CCc1ccc(F)cc1C(C)(C)CC(O)(Cc1cccc(C)n1)C(F)(F)F. The van der Waals surface area contributed by atoms with Crippen LogP contribution >= 0.6 is 0 Å². The molecule has 1 aromatic carbocycles. The number of benzene rings is 1. The molecule has 0 aliphatic heterocycles. The highest BCUT2D eigenvalue weighted by Gasteiger charge is 2.56. The summed E-state index contributed by atoms with van der Waals surface area (Å²) in [6.07, 6.45) is -5.55. The molecule has 0 amide bonds. The molecule has 27 heavy (non-hydrogen) atoms. The lowest BCUT2D eigenvalue weighted by Crippen LogP contribution is -2.51. The number of halogens is 4. The molecule has 2 rings (SSSR count). The van der Waals surface area contributed by atoms with Gasteiger partial charge in [0.25, 0.3) is 0 Å². The van der Waals surface area contributed by atoms with Crippen LogP contribution in [0.25, 0.3) is 0 Å². The van der Waals surface area contributed by atoms with Crippen molar-refractivity contribution in [3.8, 4) is 0 Å². The van der Waals surface area contributed by atoms with Gasteiger partial charge in [-0.05, 0) is 60.6 Å². The lowest BCUT2D eigenvalue weighted by Gasteiger charge is -2.38. The van der Waals surface area contributed by atoms with Crippen molar-refractivity contribution in [3.05, 3.63) is 64.7 Å². The molecule has 0 aliphatic carbocycles. The van der Waals surface area contributed by atoms with E-state index in [0.29, 0.717) is 17.7 Å². The summed E-state index contributed by atoms with van der Waals surface area (Å²) in [7, 11) is 0. The Morgan fingerprint density at radius 2 is 1.74 bits per heavy atom. The molecule has 1 unspecified atom stereocenters. The Morgan fingerprint density at radius 3 is 2.30 bits per heavy atom. The van der Waals surface area contributed by atoms with E-state index in [-0.39, 0.29) is 5.69 Å². The summed E-state index contributed by atoms with van der Waals surface area (Å²) in [5, 5.41) is 10.7. The number of hydrogen-bond donors (Lipinski definition) is 1. The average molecular weight is 383 g/mol. The average Bonchev–Trinajstić information content (AvgIpc) is 2.53. The fraction of sp³-hybridized carbons (Fsp3) is 0.476. The standard InChI is InChI=1S/C21H25F4NO/c1-5-15-9-10-16(22)11-18(15)19(3,4)13-20(27,21(23,24)25)12-17-8-6-7-14(2)26-17/h6-11,27H,5,12-13H2,1-4H3. The fourth-order valence-corrected chi connectivity index (χ4v) is 3.57. The summed E-state index contributed by atoms with van der Waals surface area (Å²) in [4.78, 5) is 4.10. The monoisotopic (exact) mass is 383 g/mol. The minimum absolute atomic E-state index is 0.167. The molecular formula is C21H25F4NO. The van der Waals surface area contributed by atoms with Crippen LogP contribution in [-0.2, 0) is 18.3 Å². The van der Waals surface area contributed by atoms with Gasteiger partial charge in [0.05, 0.1) is 0 Å². The zero-order valence-corrected chi connectivity index (χ0v) is 16.0. The van der Waals surface area contributed by atoms with Crippen molar-refractivity contribution in [2.24, 2.45) is 0 Å². The minimum atomic E-state index is -4.85. The van der Waals surface area contributed by atoms with Crippen LogP contribution in [-0.4, -0.2) is 21.9 Å². The number of alkyl halides is 3. The highest BCUT2D eigenvalue weighted by molar-refractivity contribution is 5.35. The van der Waals surface area contributed by atoms with Gasteiger partial charge in [-0.15, -0.1) is 0 Å². The maximum Gasteiger partial charge on any atom is 0.417 e. The van der Waals surface area contributed by atoms with Crippen LogP contribution in [0.1, 0.15) is 49.7 Å². The summed E-state index contributed by atoms with van der Waals surface area (Å²) in [6, 6.07) is 8.91. The molecule has 0 radical (unpaired) electrons. The lowest BCUT2D eigenvalue weighted by atomic mass is 9.72. The first-order valence-corrected chi connectivity index (χ1v) is 8.88. The van der Waals surface area contributed by atoms with Crippen LogP contribution in [0.4, 0.5) is 17.6 Å². The molecule has 0 aliphatic rings. The summed E-state index contributed by atoms with van der Waals surface area (Å²) in [5.41, 5.74) is -2.09. The van der Waals surface area contributed by atoms with Crippen molar-refractivity contribution in [2.75, 3.05) is 0 Å². The number of rotatable bonds is 6. The van der Waals surface area contributed by atoms with Crippen LogP contribution in [0.5, 0.6) is 0 Å². The van der Waals surface area contributed by atoms with Gasteiger partial charge in [-0.25, -0.2) is 4.39 Å². The molecule has 6 heteroatoms. The van der Waals surface area contributed by atoms with E-state index in [1.165, 1.54) is 18.2 Å². The van der Waals surface area contributed by atoms with Gasteiger partial charge in [-0.2, -0.15) is 13.2 Å². The molecule has 0 bridgehead atoms. The van der Waals surface area contributed by atoms with E-state index < -0.39 is 35.9 Å². The summed E-state index contributed by atoms with van der Waals surface area (Å²) in [6.45, 7) is 6.74. The number of aromatic nitrogens is 1. The van der Waals surface area contributed by atoms with E-state index in [9.17, 15) is 22.7 Å². The smallest absolute Gasteiger partial charge is 0.380 e. The normalized spacial score (nSPS) is 14.9. The number of aryl methyl sites for hydroxylation is 2. The Hall–Kier alpha value is -1.95. The second-order valence-corrected chi connectivity index (χ2v) is 7.69. The van der Waals surface area contributed by atoms with Crippen LogP contribution in [0.2, 0.25) is 0 Å². The molecule has 0 spiro atoms. The van der Waals surface area contributed by atoms with Crippen LogP contribution in [0.3, 0.4) is 0 Å². The first-order valence-electron chi connectivity index (χ1n) is 8.88. The minimum Gasteiger partial charge on any atom is -0.380 e. The molecule has 2 aromatic rings. The second-order valence-electron chi connectivity index (χ2n) is 7.69. The molecule has 2 nitrogen and oxygen atoms in total. The van der Waals surface area contributed by atoms with E-state index in [1.807, 2.05) is 6.92 Å². The quantitative estimate of drug-likeness (QED) is 0.687. The van der Waals surface area contributed by atoms with E-state index in [1.54, 1.807) is 39.0 Å². The third-order valence-corrected chi connectivity index (χ3v) is 4.86. The molecule has 1 aromatic heterocycles. The highest BCUT2D eigenvalue weighted by Crippen LogP contribution is 2.43. The van der Waals surface area contributed by atoms with E-state index in [0.717, 1.165) is 5.56 Å². The zero-order chi connectivity index (χ0) is 20.5. The van der Waals surface area contributed by atoms with Gasteiger partial charge < -0.3 is 5.11 Å². The predicted octanol–water partition coefficient (Wildman–Crippen LogP) is 5.30. The molecule has 1 heterocycles. The molecule has 1 N–H and O–H groups in total. The molecule has 0 saturated carbocycles. The summed E-state index contributed by atoms with van der Waals surface area (Å²) < 4.78 is 55.3. The van der Waals surface area contributed by atoms with E-state index in [2.05, 4.69) is 4.98 Å². The van der Waals surface area contributed by atoms with Crippen molar-refractivity contribution in [3.63, 3.8) is 0 Å². The fourth-order valence-electron chi connectivity index (χ4n) is 3.57. The zero-order valence-electron chi connectivity index (χ0n) is 16.0. The number of nitrogens with zero attached hydrogens (tertiary/aromatic N) is 1. The Morgan fingerprint density at radius 1 is 1.07 bits per heavy atom. The summed E-state index contributed by atoms with van der Waals surface area (Å²) in [5.74, 6) is -0.508. The van der Waals surface area contributed by atoms with E-state index in [4.69, 9.17) is 0 Å². The Bertz CT molecular complexity index is 801. The topological polar surface area (TPSA) is 33.1 Å². The van der Waals surface area contributed by atoms with E-state index >= 15 is 0 Å². The van der Waals surface area contributed by atoms with Gasteiger partial charge in [-0.3, -0.25) is 4.98 Å². The van der Waals surface area contributed by atoms with Gasteiger partial charge in [0.15, 0.2) is 5.60 Å².